The van der Waals surface area contributed by atoms with Gasteiger partial charge in [0.1, 0.15) is 11.6 Å². The molecule has 0 aliphatic heterocycles. The molecule has 0 bridgehead atoms. The average molecular weight is 505 g/mol. The van der Waals surface area contributed by atoms with Crippen LogP contribution in [0, 0.1) is 0 Å². The molecule has 0 amide bonds. The Balaban J connectivity index is 2.00. The van der Waals surface area contributed by atoms with Crippen LogP contribution < -0.4 is 15.4 Å². The van der Waals surface area contributed by atoms with E-state index < -0.39 is 23.9 Å². The van der Waals surface area contributed by atoms with Crippen LogP contribution in [0.4, 0.5) is 43.8 Å². The van der Waals surface area contributed by atoms with Crippen LogP contribution in [0.3, 0.4) is 0 Å². The second-order valence-corrected chi connectivity index (χ2v) is 7.72. The maximum atomic E-state index is 12.9. The Morgan fingerprint density at radius 2 is 1.74 bits per heavy atom. The number of hydrogen-bond donors (Lipinski definition) is 2. The van der Waals surface area contributed by atoms with Crippen LogP contribution in [0.1, 0.15) is 25.8 Å². The zero-order chi connectivity index (χ0) is 25.1. The number of benzene rings is 2. The minimum atomic E-state index is -4.86. The van der Waals surface area contributed by atoms with E-state index in [1.165, 1.54) is 18.2 Å². The van der Waals surface area contributed by atoms with Gasteiger partial charge >= 0.3 is 12.5 Å². The summed E-state index contributed by atoms with van der Waals surface area (Å²) in [5, 5.41) is 5.73. The molecule has 1 atom stereocenters. The molecule has 0 aliphatic carbocycles. The summed E-state index contributed by atoms with van der Waals surface area (Å²) in [5.41, 5.74) is -0.202. The third-order valence-corrected chi connectivity index (χ3v) is 4.95. The fourth-order valence-electron chi connectivity index (χ4n) is 2.83. The smallest absolute Gasteiger partial charge is 0.406 e. The first kappa shape index (κ1) is 25.4. The Labute approximate surface area is 196 Å². The first-order valence-corrected chi connectivity index (χ1v) is 10.4. The van der Waals surface area contributed by atoms with Gasteiger partial charge in [-0.15, -0.1) is 13.2 Å². The number of ether oxygens (including phenoxy) is 1. The summed E-state index contributed by atoms with van der Waals surface area (Å²) in [4.78, 5) is 8.67. The summed E-state index contributed by atoms with van der Waals surface area (Å²) < 4.78 is 80.6. The summed E-state index contributed by atoms with van der Waals surface area (Å²) in [7, 11) is 0. The van der Waals surface area contributed by atoms with Crippen molar-refractivity contribution in [3.05, 3.63) is 59.1 Å². The molecule has 182 valence electrons. The Hall–Kier alpha value is -3.21. The highest BCUT2D eigenvalue weighted by atomic mass is 35.5. The van der Waals surface area contributed by atoms with Crippen LogP contribution in [0.25, 0.3) is 11.3 Å². The van der Waals surface area contributed by atoms with E-state index in [1.54, 1.807) is 0 Å². The predicted octanol–water partition coefficient (Wildman–Crippen LogP) is 7.67. The summed E-state index contributed by atoms with van der Waals surface area (Å²) in [6.45, 7) is 3.81. The SMILES string of the molecule is CC[C@@H](C)Nc1nc(Nc2ccc(C(F)(F)F)cc2Cl)cc(-c2cccc(OC(F)(F)F)c2)n1. The Bertz CT molecular complexity index is 1150. The molecule has 0 fully saturated rings. The lowest BCUT2D eigenvalue weighted by atomic mass is 10.1. The van der Waals surface area contributed by atoms with E-state index in [0.29, 0.717) is 5.56 Å². The van der Waals surface area contributed by atoms with Gasteiger partial charge in [-0.05, 0) is 43.7 Å². The van der Waals surface area contributed by atoms with E-state index in [2.05, 4.69) is 25.3 Å². The van der Waals surface area contributed by atoms with Crippen molar-refractivity contribution in [3.63, 3.8) is 0 Å². The van der Waals surface area contributed by atoms with Gasteiger partial charge in [0.2, 0.25) is 5.95 Å². The molecule has 3 aromatic rings. The van der Waals surface area contributed by atoms with E-state index in [4.69, 9.17) is 11.6 Å². The Morgan fingerprint density at radius 1 is 1.00 bits per heavy atom. The molecule has 12 heteroatoms. The van der Waals surface area contributed by atoms with Gasteiger partial charge in [-0.3, -0.25) is 0 Å². The maximum Gasteiger partial charge on any atom is 0.573 e. The number of alkyl halides is 6. The lowest BCUT2D eigenvalue weighted by Gasteiger charge is -2.16. The van der Waals surface area contributed by atoms with Crippen LogP contribution in [-0.2, 0) is 6.18 Å². The van der Waals surface area contributed by atoms with Gasteiger partial charge in [0.05, 0.1) is 22.0 Å². The quantitative estimate of drug-likeness (QED) is 0.323. The molecular weight excluding hydrogens is 486 g/mol. The molecular formula is C22H19ClF6N4O. The van der Waals surface area contributed by atoms with Crippen molar-refractivity contribution in [2.75, 3.05) is 10.6 Å². The second-order valence-electron chi connectivity index (χ2n) is 7.31. The molecule has 0 saturated heterocycles. The standard InChI is InChI=1S/C22H19ClF6N4O/c1-3-12(2)30-20-32-18(13-5-4-6-15(9-13)34-22(27,28)29)11-19(33-20)31-17-8-7-14(10-16(17)23)21(24,25)26/h4-12H,3H2,1-2H3,(H2,30,31,32,33)/t12-/m1/s1. The largest absolute Gasteiger partial charge is 0.573 e. The van der Waals surface area contributed by atoms with Crippen molar-refractivity contribution in [1.29, 1.82) is 0 Å². The first-order valence-electron chi connectivity index (χ1n) is 9.99. The van der Waals surface area contributed by atoms with Crippen molar-refractivity contribution < 1.29 is 31.1 Å². The summed E-state index contributed by atoms with van der Waals surface area (Å²) >= 11 is 6.03. The average Bonchev–Trinajstić information content (AvgIpc) is 2.73. The second kappa shape index (κ2) is 9.96. The van der Waals surface area contributed by atoms with Crippen LogP contribution in [0.5, 0.6) is 5.75 Å². The number of rotatable bonds is 7. The van der Waals surface area contributed by atoms with Crippen LogP contribution >= 0.6 is 11.6 Å². The summed E-state index contributed by atoms with van der Waals surface area (Å²) in [5.74, 6) is -0.0977. The number of nitrogens with zero attached hydrogens (tertiary/aromatic N) is 2. The highest BCUT2D eigenvalue weighted by Gasteiger charge is 2.32. The fraction of sp³-hybridized carbons (Fsp3) is 0.273. The van der Waals surface area contributed by atoms with Crippen LogP contribution in [0.2, 0.25) is 5.02 Å². The lowest BCUT2D eigenvalue weighted by molar-refractivity contribution is -0.274. The van der Waals surface area contributed by atoms with Crippen molar-refractivity contribution in [2.45, 2.75) is 38.8 Å². The molecule has 0 aliphatic rings. The minimum absolute atomic E-state index is 0.0299. The zero-order valence-corrected chi connectivity index (χ0v) is 18.6. The monoisotopic (exact) mass is 504 g/mol. The van der Waals surface area contributed by atoms with Crippen LogP contribution in [-0.4, -0.2) is 22.4 Å². The molecule has 0 unspecified atom stereocenters. The van der Waals surface area contributed by atoms with Gasteiger partial charge < -0.3 is 15.4 Å². The molecule has 2 aromatic carbocycles. The minimum Gasteiger partial charge on any atom is -0.406 e. The van der Waals surface area contributed by atoms with Crippen molar-refractivity contribution in [2.24, 2.45) is 0 Å². The summed E-state index contributed by atoms with van der Waals surface area (Å²) in [6.07, 6.45) is -8.68. The Morgan fingerprint density at radius 3 is 2.35 bits per heavy atom. The molecule has 0 saturated carbocycles. The van der Waals surface area contributed by atoms with Crippen molar-refractivity contribution in [1.82, 2.24) is 9.97 Å². The van der Waals surface area contributed by atoms with Crippen molar-refractivity contribution in [3.8, 4) is 17.0 Å². The summed E-state index contributed by atoms with van der Waals surface area (Å²) in [6, 6.07) is 9.44. The van der Waals surface area contributed by atoms with Gasteiger partial charge in [-0.2, -0.15) is 18.2 Å². The van der Waals surface area contributed by atoms with Crippen molar-refractivity contribution >= 4 is 29.1 Å². The number of hydrogen-bond acceptors (Lipinski definition) is 5. The molecule has 0 radical (unpaired) electrons. The zero-order valence-electron chi connectivity index (χ0n) is 17.9. The lowest BCUT2D eigenvalue weighted by Crippen LogP contribution is -2.17. The topological polar surface area (TPSA) is 59.1 Å². The van der Waals surface area contributed by atoms with E-state index >= 15 is 0 Å². The molecule has 1 aromatic heterocycles. The normalized spacial score (nSPS) is 12.9. The van der Waals surface area contributed by atoms with Gasteiger partial charge in [-0.25, -0.2) is 4.98 Å². The number of nitrogens with one attached hydrogen (secondary N) is 2. The molecule has 34 heavy (non-hydrogen) atoms. The van der Waals surface area contributed by atoms with Gasteiger partial charge in [0.15, 0.2) is 0 Å². The Kier molecular flexibility index (Phi) is 7.44. The molecule has 5 nitrogen and oxygen atoms in total. The van der Waals surface area contributed by atoms with Gasteiger partial charge in [0, 0.05) is 17.7 Å². The van der Waals surface area contributed by atoms with Gasteiger partial charge in [-0.1, -0.05) is 30.7 Å². The molecule has 0 spiro atoms. The van der Waals surface area contributed by atoms with Gasteiger partial charge in [0.25, 0.3) is 0 Å². The molecule has 1 heterocycles. The van der Waals surface area contributed by atoms with E-state index in [9.17, 15) is 26.3 Å². The number of halogens is 7. The van der Waals surface area contributed by atoms with E-state index in [0.717, 1.165) is 36.8 Å². The maximum absolute atomic E-state index is 12.9. The predicted molar refractivity (Wildman–Crippen MR) is 117 cm³/mol. The van der Waals surface area contributed by atoms with E-state index in [1.807, 2.05) is 13.8 Å². The highest BCUT2D eigenvalue weighted by molar-refractivity contribution is 6.33. The first-order chi connectivity index (χ1) is 15.8. The number of anilines is 3. The third-order valence-electron chi connectivity index (χ3n) is 4.64. The highest BCUT2D eigenvalue weighted by Crippen LogP contribution is 2.35. The number of aromatic nitrogens is 2. The fourth-order valence-corrected chi connectivity index (χ4v) is 3.06. The molecule has 3 rings (SSSR count). The van der Waals surface area contributed by atoms with E-state index in [-0.39, 0.29) is 34.2 Å². The van der Waals surface area contributed by atoms with Crippen LogP contribution in [0.15, 0.2) is 48.5 Å². The molecule has 2 N–H and O–H groups in total. The third kappa shape index (κ3) is 6.89.